The summed E-state index contributed by atoms with van der Waals surface area (Å²) in [6, 6.07) is 4.84. The van der Waals surface area contributed by atoms with E-state index in [0.29, 0.717) is 24.3 Å². The maximum Gasteiger partial charge on any atom is 0.326 e. The van der Waals surface area contributed by atoms with Gasteiger partial charge in [0.05, 0.1) is 5.56 Å². The Bertz CT molecular complexity index is 467. The molecule has 0 saturated carbocycles. The molecule has 0 spiro atoms. The fourth-order valence-electron chi connectivity index (χ4n) is 2.15. The van der Waals surface area contributed by atoms with Crippen LogP contribution in [-0.2, 0) is 4.79 Å². The van der Waals surface area contributed by atoms with Gasteiger partial charge in [0.2, 0.25) is 0 Å². The van der Waals surface area contributed by atoms with Crippen molar-refractivity contribution in [1.29, 1.82) is 5.26 Å². The molecule has 0 bridgehead atoms. The number of aromatic nitrogens is 1. The summed E-state index contributed by atoms with van der Waals surface area (Å²) in [5, 5.41) is 18.2. The van der Waals surface area contributed by atoms with Gasteiger partial charge < -0.3 is 10.0 Å². The van der Waals surface area contributed by atoms with Crippen LogP contribution in [0.1, 0.15) is 24.8 Å². The fourth-order valence-corrected chi connectivity index (χ4v) is 2.15. The number of hydrogen-bond donors (Lipinski definition) is 1. The van der Waals surface area contributed by atoms with Crippen LogP contribution in [0, 0.1) is 11.3 Å². The van der Waals surface area contributed by atoms with Gasteiger partial charge in [-0.15, -0.1) is 0 Å². The maximum atomic E-state index is 11.2. The number of pyridine rings is 1. The summed E-state index contributed by atoms with van der Waals surface area (Å²) >= 11 is 0. The van der Waals surface area contributed by atoms with Gasteiger partial charge in [0.25, 0.3) is 0 Å². The van der Waals surface area contributed by atoms with Crippen molar-refractivity contribution in [2.75, 3.05) is 11.4 Å². The van der Waals surface area contributed by atoms with Crippen LogP contribution >= 0.6 is 0 Å². The summed E-state index contributed by atoms with van der Waals surface area (Å²) in [7, 11) is 0. The van der Waals surface area contributed by atoms with Gasteiger partial charge in [0, 0.05) is 12.7 Å². The second kappa shape index (κ2) is 4.83. The summed E-state index contributed by atoms with van der Waals surface area (Å²) in [6.07, 6.45) is 4.04. The lowest BCUT2D eigenvalue weighted by atomic mass is 10.0. The molecule has 1 aromatic heterocycles. The largest absolute Gasteiger partial charge is 0.480 e. The number of carboxylic acid groups (broad SMARTS) is 1. The molecule has 1 saturated heterocycles. The Morgan fingerprint density at radius 3 is 3.12 bits per heavy atom. The normalized spacial score (nSPS) is 19.7. The first kappa shape index (κ1) is 11.4. The topological polar surface area (TPSA) is 77.2 Å². The molecule has 0 unspecified atom stereocenters. The van der Waals surface area contributed by atoms with Crippen LogP contribution in [0.3, 0.4) is 0 Å². The van der Waals surface area contributed by atoms with Crippen molar-refractivity contribution in [3.63, 3.8) is 0 Å². The molecular formula is C12H13N3O2. The lowest BCUT2D eigenvalue weighted by Crippen LogP contribution is -2.45. The molecule has 1 aliphatic heterocycles. The first-order valence-corrected chi connectivity index (χ1v) is 5.58. The van der Waals surface area contributed by atoms with Gasteiger partial charge in [0.15, 0.2) is 0 Å². The second-order valence-electron chi connectivity index (χ2n) is 4.03. The van der Waals surface area contributed by atoms with Crippen LogP contribution < -0.4 is 4.90 Å². The molecule has 0 aromatic carbocycles. The minimum Gasteiger partial charge on any atom is -0.480 e. The number of carbonyl (C=O) groups is 1. The molecule has 1 atom stereocenters. The Morgan fingerprint density at radius 1 is 1.59 bits per heavy atom. The van der Waals surface area contributed by atoms with Crippen LogP contribution in [0.15, 0.2) is 18.3 Å². The zero-order valence-electron chi connectivity index (χ0n) is 9.33. The van der Waals surface area contributed by atoms with E-state index in [1.165, 1.54) is 0 Å². The van der Waals surface area contributed by atoms with Gasteiger partial charge in [-0.2, -0.15) is 5.26 Å². The van der Waals surface area contributed by atoms with Crippen LogP contribution in [-0.4, -0.2) is 28.6 Å². The number of aliphatic carboxylic acids is 1. The quantitative estimate of drug-likeness (QED) is 0.832. The monoisotopic (exact) mass is 231 g/mol. The lowest BCUT2D eigenvalue weighted by Gasteiger charge is -2.34. The van der Waals surface area contributed by atoms with Crippen molar-refractivity contribution < 1.29 is 9.90 Å². The van der Waals surface area contributed by atoms with Crippen molar-refractivity contribution >= 4 is 11.8 Å². The number of piperidine rings is 1. The van der Waals surface area contributed by atoms with Crippen molar-refractivity contribution in [2.24, 2.45) is 0 Å². The van der Waals surface area contributed by atoms with Crippen LogP contribution in [0.2, 0.25) is 0 Å². The van der Waals surface area contributed by atoms with Gasteiger partial charge in [0.1, 0.15) is 17.9 Å². The smallest absolute Gasteiger partial charge is 0.326 e. The molecule has 17 heavy (non-hydrogen) atoms. The molecule has 0 aliphatic carbocycles. The highest BCUT2D eigenvalue weighted by atomic mass is 16.4. The molecular weight excluding hydrogens is 218 g/mol. The third kappa shape index (κ3) is 2.21. The molecule has 5 heteroatoms. The number of anilines is 1. The average molecular weight is 231 g/mol. The molecule has 0 radical (unpaired) electrons. The molecule has 88 valence electrons. The van der Waals surface area contributed by atoms with Gasteiger partial charge in [-0.3, -0.25) is 0 Å². The molecule has 2 rings (SSSR count). The minimum atomic E-state index is -0.848. The molecule has 0 amide bonds. The first-order chi connectivity index (χ1) is 8.24. The van der Waals surface area contributed by atoms with Crippen molar-refractivity contribution in [3.05, 3.63) is 23.9 Å². The summed E-state index contributed by atoms with van der Waals surface area (Å²) in [5.74, 6) is -0.360. The third-order valence-corrected chi connectivity index (χ3v) is 2.97. The van der Waals surface area contributed by atoms with Gasteiger partial charge in [-0.05, 0) is 31.4 Å². The summed E-state index contributed by atoms with van der Waals surface area (Å²) in [4.78, 5) is 17.1. The lowest BCUT2D eigenvalue weighted by molar-refractivity contribution is -0.139. The number of hydrogen-bond acceptors (Lipinski definition) is 4. The van der Waals surface area contributed by atoms with Gasteiger partial charge >= 0.3 is 5.97 Å². The molecule has 5 nitrogen and oxygen atoms in total. The Kier molecular flexibility index (Phi) is 3.24. The SMILES string of the molecule is N#Cc1cccnc1N1CCCC[C@H]1C(=O)O. The zero-order valence-corrected chi connectivity index (χ0v) is 9.33. The van der Waals surface area contributed by atoms with E-state index in [-0.39, 0.29) is 0 Å². The third-order valence-electron chi connectivity index (χ3n) is 2.97. The molecule has 1 aliphatic rings. The van der Waals surface area contributed by atoms with E-state index in [9.17, 15) is 9.90 Å². The van der Waals surface area contributed by atoms with Crippen molar-refractivity contribution in [1.82, 2.24) is 4.98 Å². The van der Waals surface area contributed by atoms with E-state index in [1.54, 1.807) is 23.2 Å². The van der Waals surface area contributed by atoms with Gasteiger partial charge in [-0.25, -0.2) is 9.78 Å². The highest BCUT2D eigenvalue weighted by Gasteiger charge is 2.30. The predicted molar refractivity (Wildman–Crippen MR) is 61.6 cm³/mol. The number of carboxylic acids is 1. The van der Waals surface area contributed by atoms with E-state index in [0.717, 1.165) is 12.8 Å². The zero-order chi connectivity index (χ0) is 12.3. The Hall–Kier alpha value is -2.09. The Labute approximate surface area is 99.3 Å². The summed E-state index contributed by atoms with van der Waals surface area (Å²) in [6.45, 7) is 0.642. The van der Waals surface area contributed by atoms with E-state index in [1.807, 2.05) is 0 Å². The fraction of sp³-hybridized carbons (Fsp3) is 0.417. The molecule has 1 aromatic rings. The van der Waals surface area contributed by atoms with Crippen molar-refractivity contribution in [2.45, 2.75) is 25.3 Å². The van der Waals surface area contributed by atoms with E-state index < -0.39 is 12.0 Å². The Balaban J connectivity index is 2.36. The second-order valence-corrected chi connectivity index (χ2v) is 4.03. The predicted octanol–water partition coefficient (Wildman–Crippen LogP) is 1.40. The first-order valence-electron chi connectivity index (χ1n) is 5.58. The van der Waals surface area contributed by atoms with Crippen LogP contribution in [0.5, 0.6) is 0 Å². The average Bonchev–Trinajstić information content (AvgIpc) is 2.38. The standard InChI is InChI=1S/C12H13N3O2/c13-8-9-4-3-6-14-11(9)15-7-2-1-5-10(15)12(16)17/h3-4,6,10H,1-2,5,7H2,(H,16,17)/t10-/m0/s1. The van der Waals surface area contributed by atoms with E-state index >= 15 is 0 Å². The van der Waals surface area contributed by atoms with Gasteiger partial charge in [-0.1, -0.05) is 0 Å². The van der Waals surface area contributed by atoms with E-state index in [2.05, 4.69) is 11.1 Å². The highest BCUT2D eigenvalue weighted by Crippen LogP contribution is 2.25. The maximum absolute atomic E-state index is 11.2. The number of nitrogens with zero attached hydrogens (tertiary/aromatic N) is 3. The minimum absolute atomic E-state index is 0.431. The molecule has 1 N–H and O–H groups in total. The summed E-state index contributed by atoms with van der Waals surface area (Å²) in [5.41, 5.74) is 0.431. The van der Waals surface area contributed by atoms with Crippen molar-refractivity contribution in [3.8, 4) is 6.07 Å². The van der Waals surface area contributed by atoms with Crippen LogP contribution in [0.25, 0.3) is 0 Å². The molecule has 2 heterocycles. The van der Waals surface area contributed by atoms with Crippen LogP contribution in [0.4, 0.5) is 5.82 Å². The van der Waals surface area contributed by atoms with E-state index in [4.69, 9.17) is 5.26 Å². The molecule has 1 fully saturated rings. The highest BCUT2D eigenvalue weighted by molar-refractivity contribution is 5.78. The number of nitriles is 1. The number of rotatable bonds is 2. The summed E-state index contributed by atoms with van der Waals surface area (Å²) < 4.78 is 0. The Morgan fingerprint density at radius 2 is 2.41 bits per heavy atom.